The van der Waals surface area contributed by atoms with E-state index in [1.807, 2.05) is 28.7 Å². The third kappa shape index (κ3) is 1.84. The van der Waals surface area contributed by atoms with E-state index in [9.17, 15) is 0 Å². The molecule has 0 amide bonds. The van der Waals surface area contributed by atoms with Gasteiger partial charge in [0, 0.05) is 16.6 Å². The molecule has 0 aliphatic rings. The lowest BCUT2D eigenvalue weighted by molar-refractivity contribution is 1.12. The molecule has 4 rings (SSSR count). The Hall–Kier alpha value is -2.59. The van der Waals surface area contributed by atoms with Crippen molar-refractivity contribution in [2.75, 3.05) is 5.73 Å². The highest BCUT2D eigenvalue weighted by Crippen LogP contribution is 2.31. The predicted octanol–water partition coefficient (Wildman–Crippen LogP) is 4.09. The van der Waals surface area contributed by atoms with Crippen molar-refractivity contribution in [3.05, 3.63) is 59.1 Å². The standard InChI is InChI=1S/C17H13ClN4/c1-10-8-16-20-21-17(13-9-11(19)6-7-14(13)18)22(16)15-5-3-2-4-12(10)15/h2-9H,19H2,1H3. The number of nitrogens with two attached hydrogens (primary N) is 1. The van der Waals surface area contributed by atoms with Gasteiger partial charge >= 0.3 is 0 Å². The summed E-state index contributed by atoms with van der Waals surface area (Å²) >= 11 is 6.33. The van der Waals surface area contributed by atoms with Crippen molar-refractivity contribution >= 4 is 33.8 Å². The summed E-state index contributed by atoms with van der Waals surface area (Å²) in [4.78, 5) is 0. The van der Waals surface area contributed by atoms with E-state index in [4.69, 9.17) is 17.3 Å². The number of para-hydroxylation sites is 1. The third-order valence-electron chi connectivity index (χ3n) is 3.83. The quantitative estimate of drug-likeness (QED) is 0.539. The van der Waals surface area contributed by atoms with Crippen molar-refractivity contribution in [3.8, 4) is 11.4 Å². The fourth-order valence-corrected chi connectivity index (χ4v) is 2.99. The maximum Gasteiger partial charge on any atom is 0.170 e. The first-order chi connectivity index (χ1) is 10.6. The molecule has 0 unspecified atom stereocenters. The third-order valence-corrected chi connectivity index (χ3v) is 4.16. The van der Waals surface area contributed by atoms with Crippen LogP contribution in [0, 0.1) is 6.92 Å². The maximum absolute atomic E-state index is 6.33. The highest BCUT2D eigenvalue weighted by atomic mass is 35.5. The van der Waals surface area contributed by atoms with Crippen molar-refractivity contribution in [2.24, 2.45) is 0 Å². The summed E-state index contributed by atoms with van der Waals surface area (Å²) < 4.78 is 2.02. The van der Waals surface area contributed by atoms with Gasteiger partial charge < -0.3 is 5.73 Å². The number of anilines is 1. The van der Waals surface area contributed by atoms with Crippen LogP contribution in [-0.2, 0) is 0 Å². The molecular formula is C17H13ClN4. The average molecular weight is 309 g/mol. The Balaban J connectivity index is 2.16. The first kappa shape index (κ1) is 13.1. The minimum atomic E-state index is 0.605. The number of nitrogen functional groups attached to an aromatic ring is 1. The molecule has 0 radical (unpaired) electrons. The second kappa shape index (κ2) is 4.71. The smallest absolute Gasteiger partial charge is 0.170 e. The molecule has 2 heterocycles. The van der Waals surface area contributed by atoms with Gasteiger partial charge in [-0.15, -0.1) is 10.2 Å². The number of benzene rings is 2. The van der Waals surface area contributed by atoms with Crippen LogP contribution in [0.3, 0.4) is 0 Å². The van der Waals surface area contributed by atoms with Crippen molar-refractivity contribution in [2.45, 2.75) is 6.92 Å². The first-order valence-electron chi connectivity index (χ1n) is 6.94. The zero-order valence-electron chi connectivity index (χ0n) is 11.9. The SMILES string of the molecule is Cc1cc2nnc(-c3cc(N)ccc3Cl)n2c2ccccc12. The summed E-state index contributed by atoms with van der Waals surface area (Å²) in [6.07, 6.45) is 0. The molecule has 2 aromatic carbocycles. The molecule has 4 nitrogen and oxygen atoms in total. The minimum Gasteiger partial charge on any atom is -0.399 e. The number of hydrogen-bond donors (Lipinski definition) is 1. The van der Waals surface area contributed by atoms with Crippen LogP contribution in [0.5, 0.6) is 0 Å². The number of aromatic nitrogens is 3. The number of nitrogens with zero attached hydrogens (tertiary/aromatic N) is 3. The largest absolute Gasteiger partial charge is 0.399 e. The maximum atomic E-state index is 6.33. The molecule has 22 heavy (non-hydrogen) atoms. The number of pyridine rings is 1. The Morgan fingerprint density at radius 3 is 2.73 bits per heavy atom. The Bertz CT molecular complexity index is 1020. The highest BCUT2D eigenvalue weighted by molar-refractivity contribution is 6.33. The minimum absolute atomic E-state index is 0.605. The normalized spacial score (nSPS) is 11.4. The monoisotopic (exact) mass is 308 g/mol. The van der Waals surface area contributed by atoms with Gasteiger partial charge in [0.05, 0.1) is 10.5 Å². The lowest BCUT2D eigenvalue weighted by Gasteiger charge is -2.09. The zero-order chi connectivity index (χ0) is 15.3. The van der Waals surface area contributed by atoms with Gasteiger partial charge in [0.15, 0.2) is 11.5 Å². The van der Waals surface area contributed by atoms with Gasteiger partial charge in [-0.25, -0.2) is 0 Å². The van der Waals surface area contributed by atoms with Crippen LogP contribution >= 0.6 is 11.6 Å². The number of fused-ring (bicyclic) bond motifs is 3. The van der Waals surface area contributed by atoms with Gasteiger partial charge in [-0.2, -0.15) is 0 Å². The molecule has 108 valence electrons. The topological polar surface area (TPSA) is 56.2 Å². The zero-order valence-corrected chi connectivity index (χ0v) is 12.7. The fourth-order valence-electron chi connectivity index (χ4n) is 2.79. The molecule has 2 N–H and O–H groups in total. The molecular weight excluding hydrogens is 296 g/mol. The average Bonchev–Trinajstić information content (AvgIpc) is 2.94. The van der Waals surface area contributed by atoms with Crippen molar-refractivity contribution < 1.29 is 0 Å². The van der Waals surface area contributed by atoms with Gasteiger partial charge in [0.1, 0.15) is 0 Å². The molecule has 4 aromatic rings. The molecule has 0 bridgehead atoms. The Morgan fingerprint density at radius 1 is 1.05 bits per heavy atom. The summed E-state index contributed by atoms with van der Waals surface area (Å²) in [5.74, 6) is 0.698. The molecule has 0 saturated heterocycles. The van der Waals surface area contributed by atoms with Gasteiger partial charge in [-0.1, -0.05) is 29.8 Å². The Kier molecular flexibility index (Phi) is 2.81. The Morgan fingerprint density at radius 2 is 1.86 bits per heavy atom. The summed E-state index contributed by atoms with van der Waals surface area (Å²) in [5, 5.41) is 10.4. The van der Waals surface area contributed by atoms with Crippen molar-refractivity contribution in [1.82, 2.24) is 14.6 Å². The second-order valence-corrected chi connectivity index (χ2v) is 5.71. The van der Waals surface area contributed by atoms with Crippen LogP contribution in [0.1, 0.15) is 5.56 Å². The molecule has 0 fully saturated rings. The van der Waals surface area contributed by atoms with E-state index in [-0.39, 0.29) is 0 Å². The number of rotatable bonds is 1. The fraction of sp³-hybridized carbons (Fsp3) is 0.0588. The molecule has 0 aliphatic heterocycles. The second-order valence-electron chi connectivity index (χ2n) is 5.30. The highest BCUT2D eigenvalue weighted by Gasteiger charge is 2.15. The molecule has 0 spiro atoms. The van der Waals surface area contributed by atoms with Crippen LogP contribution < -0.4 is 5.73 Å². The number of aryl methyl sites for hydroxylation is 1. The molecule has 2 aromatic heterocycles. The summed E-state index contributed by atoms with van der Waals surface area (Å²) in [6.45, 7) is 2.07. The first-order valence-corrected chi connectivity index (χ1v) is 7.32. The van der Waals surface area contributed by atoms with Crippen molar-refractivity contribution in [1.29, 1.82) is 0 Å². The Labute approximate surface area is 132 Å². The number of hydrogen-bond acceptors (Lipinski definition) is 3. The van der Waals surface area contributed by atoms with Crippen LogP contribution in [0.15, 0.2) is 48.5 Å². The lowest BCUT2D eigenvalue weighted by Crippen LogP contribution is -1.95. The van der Waals surface area contributed by atoms with E-state index in [2.05, 4.69) is 29.3 Å². The predicted molar refractivity (Wildman–Crippen MR) is 90.1 cm³/mol. The van der Waals surface area contributed by atoms with Gasteiger partial charge in [-0.05, 0) is 42.8 Å². The summed E-state index contributed by atoms with van der Waals surface area (Å²) in [7, 11) is 0. The van der Waals surface area contributed by atoms with Crippen LogP contribution in [0.25, 0.3) is 27.9 Å². The van der Waals surface area contributed by atoms with Crippen LogP contribution in [-0.4, -0.2) is 14.6 Å². The van der Waals surface area contributed by atoms with Gasteiger partial charge in [0.25, 0.3) is 0 Å². The van der Waals surface area contributed by atoms with E-state index >= 15 is 0 Å². The lowest BCUT2D eigenvalue weighted by atomic mass is 10.1. The molecule has 5 heteroatoms. The van der Waals surface area contributed by atoms with E-state index in [1.54, 1.807) is 12.1 Å². The van der Waals surface area contributed by atoms with E-state index in [0.29, 0.717) is 16.5 Å². The van der Waals surface area contributed by atoms with E-state index < -0.39 is 0 Å². The summed E-state index contributed by atoms with van der Waals surface area (Å²) in [5.41, 5.74) is 10.3. The summed E-state index contributed by atoms with van der Waals surface area (Å²) in [6, 6.07) is 15.6. The van der Waals surface area contributed by atoms with Crippen LogP contribution in [0.4, 0.5) is 5.69 Å². The van der Waals surface area contributed by atoms with Gasteiger partial charge in [-0.3, -0.25) is 4.40 Å². The molecule has 0 aliphatic carbocycles. The van der Waals surface area contributed by atoms with Crippen molar-refractivity contribution in [3.63, 3.8) is 0 Å². The van der Waals surface area contributed by atoms with Gasteiger partial charge in [0.2, 0.25) is 0 Å². The van der Waals surface area contributed by atoms with Crippen LogP contribution in [0.2, 0.25) is 5.02 Å². The molecule has 0 atom stereocenters. The van der Waals surface area contributed by atoms with E-state index in [1.165, 1.54) is 5.56 Å². The molecule has 0 saturated carbocycles. The van der Waals surface area contributed by atoms with E-state index in [0.717, 1.165) is 22.1 Å². The number of halogens is 1.